The van der Waals surface area contributed by atoms with Crippen molar-refractivity contribution in [2.75, 3.05) is 27.2 Å². The fourth-order valence-corrected chi connectivity index (χ4v) is 3.29. The summed E-state index contributed by atoms with van der Waals surface area (Å²) in [6.45, 7) is 1.75. The molecule has 2 heterocycles. The van der Waals surface area contributed by atoms with Crippen molar-refractivity contribution in [2.45, 2.75) is 19.4 Å². The molecule has 1 aromatic carbocycles. The Balaban J connectivity index is 1.51. The number of hydrogen-bond acceptors (Lipinski definition) is 4. The number of piperidine rings is 1. The van der Waals surface area contributed by atoms with E-state index in [1.807, 2.05) is 31.3 Å². The van der Waals surface area contributed by atoms with E-state index in [0.717, 1.165) is 11.3 Å². The Labute approximate surface area is 153 Å². The molecule has 2 aromatic rings. The van der Waals surface area contributed by atoms with Crippen LogP contribution in [0.3, 0.4) is 0 Å². The Bertz CT molecular complexity index is 732. The van der Waals surface area contributed by atoms with Gasteiger partial charge in [0.15, 0.2) is 0 Å². The van der Waals surface area contributed by atoms with Gasteiger partial charge in [-0.1, -0.05) is 12.1 Å². The van der Waals surface area contributed by atoms with Gasteiger partial charge in [0.2, 0.25) is 5.91 Å². The highest BCUT2D eigenvalue weighted by atomic mass is 16.5. The molecule has 1 aliphatic rings. The number of rotatable bonds is 5. The van der Waals surface area contributed by atoms with Crippen molar-refractivity contribution in [2.24, 2.45) is 5.92 Å². The van der Waals surface area contributed by atoms with E-state index in [4.69, 9.17) is 9.15 Å². The van der Waals surface area contributed by atoms with Gasteiger partial charge in [0.1, 0.15) is 12.0 Å². The maximum atomic E-state index is 12.7. The lowest BCUT2D eigenvalue weighted by atomic mass is 9.95. The van der Waals surface area contributed by atoms with Gasteiger partial charge in [0.05, 0.1) is 18.9 Å². The van der Waals surface area contributed by atoms with Gasteiger partial charge in [-0.3, -0.25) is 9.59 Å². The number of benzene rings is 1. The van der Waals surface area contributed by atoms with E-state index in [-0.39, 0.29) is 17.7 Å². The molecule has 0 saturated carbocycles. The third kappa shape index (κ3) is 4.07. The summed E-state index contributed by atoms with van der Waals surface area (Å²) in [5.41, 5.74) is 1.63. The summed E-state index contributed by atoms with van der Waals surface area (Å²) in [6.07, 6.45) is 4.34. The van der Waals surface area contributed by atoms with E-state index >= 15 is 0 Å². The van der Waals surface area contributed by atoms with E-state index in [1.165, 1.54) is 12.5 Å². The molecule has 1 saturated heterocycles. The minimum atomic E-state index is -0.0355. The maximum absolute atomic E-state index is 12.7. The molecule has 138 valence electrons. The number of methoxy groups -OCH3 is 1. The zero-order valence-electron chi connectivity index (χ0n) is 15.2. The highest BCUT2D eigenvalue weighted by Crippen LogP contribution is 2.22. The number of amides is 2. The average molecular weight is 356 g/mol. The normalized spacial score (nSPS) is 14.9. The first-order valence-electron chi connectivity index (χ1n) is 8.78. The minimum Gasteiger partial charge on any atom is -0.497 e. The maximum Gasteiger partial charge on any atom is 0.257 e. The van der Waals surface area contributed by atoms with Crippen molar-refractivity contribution in [3.8, 4) is 5.75 Å². The van der Waals surface area contributed by atoms with Crippen LogP contribution in [0.1, 0.15) is 28.8 Å². The van der Waals surface area contributed by atoms with Crippen LogP contribution < -0.4 is 4.74 Å². The SMILES string of the molecule is COc1ccc(CN(C)C(=O)C2CCN(C(=O)c3ccoc3)CC2)cc1. The van der Waals surface area contributed by atoms with Crippen molar-refractivity contribution < 1.29 is 18.7 Å². The van der Waals surface area contributed by atoms with Crippen LogP contribution in [0.25, 0.3) is 0 Å². The van der Waals surface area contributed by atoms with Gasteiger partial charge < -0.3 is 19.0 Å². The number of likely N-dealkylation sites (tertiary alicyclic amines) is 1. The van der Waals surface area contributed by atoms with E-state index in [1.54, 1.807) is 23.0 Å². The molecule has 0 atom stereocenters. The van der Waals surface area contributed by atoms with Crippen LogP contribution in [0.2, 0.25) is 0 Å². The molecule has 2 amide bonds. The van der Waals surface area contributed by atoms with Gasteiger partial charge in [0.25, 0.3) is 5.91 Å². The van der Waals surface area contributed by atoms with Gasteiger partial charge in [-0.2, -0.15) is 0 Å². The molecule has 1 fully saturated rings. The molecular weight excluding hydrogens is 332 g/mol. The second-order valence-electron chi connectivity index (χ2n) is 6.62. The van der Waals surface area contributed by atoms with Crippen LogP contribution >= 0.6 is 0 Å². The summed E-state index contributed by atoms with van der Waals surface area (Å²) in [4.78, 5) is 28.6. The Morgan fingerprint density at radius 2 is 1.88 bits per heavy atom. The van der Waals surface area contributed by atoms with E-state index in [2.05, 4.69) is 0 Å². The Morgan fingerprint density at radius 1 is 1.19 bits per heavy atom. The number of ether oxygens (including phenoxy) is 1. The summed E-state index contributed by atoms with van der Waals surface area (Å²) < 4.78 is 10.1. The molecule has 1 aliphatic heterocycles. The highest BCUT2D eigenvalue weighted by molar-refractivity contribution is 5.94. The third-order valence-corrected chi connectivity index (χ3v) is 4.85. The van der Waals surface area contributed by atoms with Gasteiger partial charge in [-0.05, 0) is 36.6 Å². The summed E-state index contributed by atoms with van der Waals surface area (Å²) in [5, 5.41) is 0. The third-order valence-electron chi connectivity index (χ3n) is 4.85. The first-order chi connectivity index (χ1) is 12.6. The number of furan rings is 1. The fourth-order valence-electron chi connectivity index (χ4n) is 3.29. The quantitative estimate of drug-likeness (QED) is 0.826. The zero-order chi connectivity index (χ0) is 18.5. The molecule has 0 N–H and O–H groups in total. The molecule has 6 heteroatoms. The first-order valence-corrected chi connectivity index (χ1v) is 8.78. The standard InChI is InChI=1S/C20H24N2O4/c1-21(13-15-3-5-18(25-2)6-4-15)19(23)16-7-10-22(11-8-16)20(24)17-9-12-26-14-17/h3-6,9,12,14,16H,7-8,10-11,13H2,1-2H3. The molecule has 0 unspecified atom stereocenters. The molecule has 3 rings (SSSR count). The number of carbonyl (C=O) groups is 2. The molecule has 6 nitrogen and oxygen atoms in total. The van der Waals surface area contributed by atoms with Gasteiger partial charge >= 0.3 is 0 Å². The first kappa shape index (κ1) is 18.0. The lowest BCUT2D eigenvalue weighted by Crippen LogP contribution is -2.43. The van der Waals surface area contributed by atoms with E-state index in [0.29, 0.717) is 38.0 Å². The van der Waals surface area contributed by atoms with Crippen molar-refractivity contribution in [3.05, 3.63) is 54.0 Å². The number of nitrogens with zero attached hydrogens (tertiary/aromatic N) is 2. The molecule has 0 radical (unpaired) electrons. The fraction of sp³-hybridized carbons (Fsp3) is 0.400. The Morgan fingerprint density at radius 3 is 2.46 bits per heavy atom. The van der Waals surface area contributed by atoms with Crippen LogP contribution in [0.5, 0.6) is 5.75 Å². The molecule has 0 bridgehead atoms. The molecule has 26 heavy (non-hydrogen) atoms. The Kier molecular flexibility index (Phi) is 5.61. The largest absolute Gasteiger partial charge is 0.497 e. The molecule has 0 spiro atoms. The zero-order valence-corrected chi connectivity index (χ0v) is 15.2. The van der Waals surface area contributed by atoms with Crippen molar-refractivity contribution in [1.29, 1.82) is 0 Å². The number of carbonyl (C=O) groups excluding carboxylic acids is 2. The summed E-state index contributed by atoms with van der Waals surface area (Å²) >= 11 is 0. The summed E-state index contributed by atoms with van der Waals surface area (Å²) in [7, 11) is 3.46. The minimum absolute atomic E-state index is 0.0313. The number of hydrogen-bond donors (Lipinski definition) is 0. The Hall–Kier alpha value is -2.76. The average Bonchev–Trinajstić information content (AvgIpc) is 3.22. The van der Waals surface area contributed by atoms with Crippen LogP contribution in [-0.4, -0.2) is 48.9 Å². The monoisotopic (exact) mass is 356 g/mol. The topological polar surface area (TPSA) is 63.0 Å². The van der Waals surface area contributed by atoms with Gasteiger partial charge in [0, 0.05) is 32.6 Å². The van der Waals surface area contributed by atoms with Gasteiger partial charge in [-0.15, -0.1) is 0 Å². The van der Waals surface area contributed by atoms with Gasteiger partial charge in [-0.25, -0.2) is 0 Å². The lowest BCUT2D eigenvalue weighted by Gasteiger charge is -2.33. The highest BCUT2D eigenvalue weighted by Gasteiger charge is 2.29. The second-order valence-corrected chi connectivity index (χ2v) is 6.62. The predicted octanol–water partition coefficient (Wildman–Crippen LogP) is 2.80. The lowest BCUT2D eigenvalue weighted by molar-refractivity contribution is -0.136. The van der Waals surface area contributed by atoms with E-state index in [9.17, 15) is 9.59 Å². The molecule has 1 aromatic heterocycles. The van der Waals surface area contributed by atoms with Crippen molar-refractivity contribution in [3.63, 3.8) is 0 Å². The van der Waals surface area contributed by atoms with Crippen LogP contribution in [0.4, 0.5) is 0 Å². The second kappa shape index (κ2) is 8.08. The van der Waals surface area contributed by atoms with Crippen molar-refractivity contribution in [1.82, 2.24) is 9.80 Å². The predicted molar refractivity (Wildman–Crippen MR) is 96.8 cm³/mol. The molecular formula is C20H24N2O4. The summed E-state index contributed by atoms with van der Waals surface area (Å²) in [5.74, 6) is 0.872. The van der Waals surface area contributed by atoms with Crippen LogP contribution in [0, 0.1) is 5.92 Å². The smallest absolute Gasteiger partial charge is 0.257 e. The molecule has 0 aliphatic carbocycles. The van der Waals surface area contributed by atoms with Crippen molar-refractivity contribution >= 4 is 11.8 Å². The van der Waals surface area contributed by atoms with Crippen LogP contribution in [0.15, 0.2) is 47.3 Å². The van der Waals surface area contributed by atoms with E-state index < -0.39 is 0 Å². The summed E-state index contributed by atoms with van der Waals surface area (Å²) in [6, 6.07) is 9.40. The van der Waals surface area contributed by atoms with Crippen LogP contribution in [-0.2, 0) is 11.3 Å².